The number of anilines is 1. The number of amides is 1. The lowest BCUT2D eigenvalue weighted by atomic mass is 9.78. The first-order valence-electron chi connectivity index (χ1n) is 21.2. The third-order valence-electron chi connectivity index (χ3n) is 12.5. The number of hydrogen-bond donors (Lipinski definition) is 7. The summed E-state index contributed by atoms with van der Waals surface area (Å²) in [7, 11) is 1.43. The van der Waals surface area contributed by atoms with E-state index < -0.39 is 88.8 Å². The number of aliphatic hydroxyl groups excluding tert-OH is 2. The molecular formula is C46H64N4O12. The number of ether oxygens (including phenoxy) is 4. The Balaban J connectivity index is 1.71. The summed E-state index contributed by atoms with van der Waals surface area (Å²) in [6.45, 7) is 19.6. The zero-order valence-corrected chi connectivity index (χ0v) is 37.6. The molecule has 4 heterocycles. The predicted octanol–water partition coefficient (Wildman–Crippen LogP) is 5.35. The highest BCUT2D eigenvalue weighted by molar-refractivity contribution is 6.25. The molecule has 0 aliphatic carbocycles. The smallest absolute Gasteiger partial charge is 0.312 e. The Morgan fingerprint density at radius 2 is 1.60 bits per heavy atom. The van der Waals surface area contributed by atoms with Crippen molar-refractivity contribution in [2.24, 2.45) is 29.6 Å². The van der Waals surface area contributed by atoms with Gasteiger partial charge in [-0.25, -0.2) is 0 Å². The fourth-order valence-electron chi connectivity index (χ4n) is 8.78. The van der Waals surface area contributed by atoms with Crippen LogP contribution in [0, 0.1) is 41.9 Å². The number of rotatable bonds is 5. The zero-order chi connectivity index (χ0) is 46.1. The number of carbonyl (C=O) groups excluding carboxylic acids is 3. The molecule has 1 amide bonds. The van der Waals surface area contributed by atoms with Crippen molar-refractivity contribution >= 4 is 40.0 Å². The molecule has 5 bridgehead atoms. The number of phenolic OH excluding ortho intramolecular Hbond substituents is 3. The van der Waals surface area contributed by atoms with Gasteiger partial charge in [0, 0.05) is 93.9 Å². The minimum atomic E-state index is -2.08. The molecule has 0 aromatic heterocycles. The normalized spacial score (nSPS) is 29.1. The monoisotopic (exact) mass is 864 g/mol. The second-order valence-corrected chi connectivity index (χ2v) is 17.6. The number of hydrogen-bond acceptors (Lipinski definition) is 14. The number of fused-ring (bicyclic) bond motifs is 14. The van der Waals surface area contributed by atoms with Gasteiger partial charge < -0.3 is 54.7 Å². The molecule has 62 heavy (non-hydrogen) atoms. The molecule has 2 aromatic rings. The number of benzene rings is 2. The van der Waals surface area contributed by atoms with Crippen molar-refractivity contribution in [3.05, 3.63) is 52.8 Å². The Morgan fingerprint density at radius 1 is 0.952 bits per heavy atom. The molecule has 2 aromatic carbocycles. The summed E-state index contributed by atoms with van der Waals surface area (Å²) in [5.41, 5.74) is -0.670. The molecule has 0 saturated carbocycles. The second kappa shape index (κ2) is 19.1. The quantitative estimate of drug-likeness (QED) is 0.0661. The first-order valence-corrected chi connectivity index (χ1v) is 21.2. The minimum absolute atomic E-state index is 0.0330. The van der Waals surface area contributed by atoms with E-state index in [2.05, 4.69) is 24.1 Å². The van der Waals surface area contributed by atoms with Gasteiger partial charge in [0.15, 0.2) is 5.75 Å². The van der Waals surface area contributed by atoms with E-state index >= 15 is 0 Å². The van der Waals surface area contributed by atoms with Gasteiger partial charge in [0.1, 0.15) is 29.2 Å². The van der Waals surface area contributed by atoms with Gasteiger partial charge in [0.2, 0.25) is 0 Å². The number of nitrogens with one attached hydrogen (secondary N) is 2. The van der Waals surface area contributed by atoms with Gasteiger partial charge in [-0.05, 0) is 25.8 Å². The largest absolute Gasteiger partial charge is 0.507 e. The highest BCUT2D eigenvalue weighted by atomic mass is 16.7. The predicted molar refractivity (Wildman–Crippen MR) is 233 cm³/mol. The molecule has 0 radical (unpaired) electrons. The highest BCUT2D eigenvalue weighted by Crippen LogP contribution is 2.55. The number of aromatic hydroxyl groups is 3. The summed E-state index contributed by atoms with van der Waals surface area (Å²) in [6, 6.07) is 0. The molecule has 4 aliphatic heterocycles. The van der Waals surface area contributed by atoms with E-state index in [0.29, 0.717) is 32.1 Å². The van der Waals surface area contributed by atoms with E-state index in [-0.39, 0.29) is 50.3 Å². The summed E-state index contributed by atoms with van der Waals surface area (Å²) in [6.07, 6.45) is 3.48. The summed E-state index contributed by atoms with van der Waals surface area (Å²) in [4.78, 5) is 44.8. The molecule has 16 nitrogen and oxygen atoms in total. The zero-order valence-electron chi connectivity index (χ0n) is 37.6. The van der Waals surface area contributed by atoms with Crippen LogP contribution in [-0.4, -0.2) is 129 Å². The van der Waals surface area contributed by atoms with E-state index in [1.54, 1.807) is 44.7 Å². The molecule has 4 aliphatic rings. The third kappa shape index (κ3) is 9.29. The molecular weight excluding hydrogens is 801 g/mol. The molecule has 0 spiro atoms. The van der Waals surface area contributed by atoms with Crippen molar-refractivity contribution in [3.63, 3.8) is 0 Å². The van der Waals surface area contributed by atoms with Crippen molar-refractivity contribution in [1.29, 1.82) is 5.41 Å². The van der Waals surface area contributed by atoms with Crippen LogP contribution < -0.4 is 10.1 Å². The summed E-state index contributed by atoms with van der Waals surface area (Å²) >= 11 is 0. The van der Waals surface area contributed by atoms with Gasteiger partial charge in [-0.15, -0.1) is 0 Å². The number of nitrogens with zero attached hydrogens (tertiary/aromatic N) is 2. The van der Waals surface area contributed by atoms with Gasteiger partial charge in [-0.2, -0.15) is 0 Å². The maximum atomic E-state index is 14.6. The Hall–Kier alpha value is -5.16. The number of aliphatic hydroxyl groups is 2. The topological polar surface area (TPSA) is 232 Å². The number of allylic oxidation sites excluding steroid dienone is 2. The van der Waals surface area contributed by atoms with Crippen LogP contribution in [0.15, 0.2) is 36.1 Å². The SMILES string of the molecule is CO[C@H]1C=CO[C@@]2(C)Oc3c(C)c(O)c4c(O)c(c(C(=N)N5CCN(CC(C)C)CC5)c(O)c4c3C2=O)NC(=O)C(C)=CC=C[C@H](C)[C@H](O)[C@@H](C)[C@@H](O)[C@@H](C)[C@H](OC(C)=O)[C@@H]1C. The van der Waals surface area contributed by atoms with Crippen LogP contribution in [0.4, 0.5) is 5.69 Å². The van der Waals surface area contributed by atoms with Gasteiger partial charge in [-0.3, -0.25) is 24.7 Å². The summed E-state index contributed by atoms with van der Waals surface area (Å²) < 4.78 is 23.7. The van der Waals surface area contributed by atoms with Gasteiger partial charge in [0.25, 0.3) is 11.7 Å². The average molecular weight is 865 g/mol. The van der Waals surface area contributed by atoms with Gasteiger partial charge in [0.05, 0.1) is 46.8 Å². The number of piperazine rings is 1. The maximum Gasteiger partial charge on any atom is 0.312 e. The lowest BCUT2D eigenvalue weighted by Crippen LogP contribution is -2.49. The van der Waals surface area contributed by atoms with E-state index in [0.717, 1.165) is 6.54 Å². The van der Waals surface area contributed by atoms with Crippen molar-refractivity contribution in [3.8, 4) is 23.0 Å². The Bertz CT molecular complexity index is 2160. The van der Waals surface area contributed by atoms with Crippen molar-refractivity contribution in [1.82, 2.24) is 9.80 Å². The number of esters is 1. The lowest BCUT2D eigenvalue weighted by Gasteiger charge is -2.38. The first kappa shape index (κ1) is 47.9. The van der Waals surface area contributed by atoms with Crippen LogP contribution in [-0.2, 0) is 23.8 Å². The van der Waals surface area contributed by atoms with Crippen LogP contribution in [0.25, 0.3) is 10.8 Å². The number of ketones is 1. The van der Waals surface area contributed by atoms with E-state index in [1.807, 2.05) is 0 Å². The molecule has 9 atom stereocenters. The van der Waals surface area contributed by atoms with Crippen LogP contribution in [0.1, 0.15) is 83.8 Å². The number of phenols is 3. The number of carbonyl (C=O) groups is 3. The summed E-state index contributed by atoms with van der Waals surface area (Å²) in [5.74, 6) is -8.52. The average Bonchev–Trinajstić information content (AvgIpc) is 3.49. The molecule has 16 heteroatoms. The fraction of sp³-hybridized carbons (Fsp3) is 0.565. The highest BCUT2D eigenvalue weighted by Gasteiger charge is 2.50. The Kier molecular flexibility index (Phi) is 14.7. The third-order valence-corrected chi connectivity index (χ3v) is 12.5. The van der Waals surface area contributed by atoms with E-state index in [1.165, 1.54) is 53.2 Å². The number of amidine groups is 1. The van der Waals surface area contributed by atoms with E-state index in [9.17, 15) is 45.3 Å². The van der Waals surface area contributed by atoms with Crippen molar-refractivity contribution < 1.29 is 58.9 Å². The van der Waals surface area contributed by atoms with Crippen LogP contribution in [0.3, 0.4) is 0 Å². The van der Waals surface area contributed by atoms with E-state index in [4.69, 9.17) is 18.9 Å². The molecule has 1 fully saturated rings. The van der Waals surface area contributed by atoms with Gasteiger partial charge >= 0.3 is 11.8 Å². The number of methoxy groups -OCH3 is 1. The minimum Gasteiger partial charge on any atom is -0.507 e. The van der Waals surface area contributed by atoms with Crippen LogP contribution in [0.5, 0.6) is 23.0 Å². The second-order valence-electron chi connectivity index (χ2n) is 17.6. The Morgan fingerprint density at radius 3 is 2.19 bits per heavy atom. The van der Waals surface area contributed by atoms with Crippen molar-refractivity contribution in [2.75, 3.05) is 45.2 Å². The fourth-order valence-corrected chi connectivity index (χ4v) is 8.78. The first-order chi connectivity index (χ1) is 29.1. The van der Waals surface area contributed by atoms with Gasteiger partial charge in [-0.1, -0.05) is 59.8 Å². The lowest BCUT2D eigenvalue weighted by molar-refractivity contribution is -0.160. The van der Waals surface area contributed by atoms with Crippen LogP contribution >= 0.6 is 0 Å². The maximum absolute atomic E-state index is 14.6. The standard InChI is InChI=1S/C46H64N4O12/c1-22(2)21-49-16-18-50(19-17-49)44(47)34-35-40(56)32-31(39(34)55)33-42(28(8)38(32)54)62-46(10,43(33)57)60-20-15-30(59-11)25(5)41(61-29(9)51)27(7)37(53)26(6)36(52)23(3)13-12-14-24(4)45(58)48-35/h12-15,20,22-23,25-27,30,36-37,41,47,52-56H,16-19,21H2,1-11H3,(H,48,58)/t23-,25+,26+,27+,30-,36-,37+,41+,46-/m0/s1. The molecule has 0 unspecified atom stereocenters. The molecule has 6 rings (SSSR count). The van der Waals surface area contributed by atoms with Crippen molar-refractivity contribution in [2.45, 2.75) is 99.4 Å². The molecule has 1 saturated heterocycles. The molecule has 340 valence electrons. The van der Waals surface area contributed by atoms with Crippen LogP contribution in [0.2, 0.25) is 0 Å². The number of Topliss-reactive ketones (excluding diaryl/α,β-unsaturated/α-hetero) is 1. The summed E-state index contributed by atoms with van der Waals surface area (Å²) in [5, 5.41) is 70.5. The Labute approximate surface area is 363 Å². The molecule has 7 N–H and O–H groups in total.